The molecule has 2 saturated heterocycles. The molecule has 35 heavy (non-hydrogen) atoms. The number of fused-ring (bicyclic) bond motifs is 1. The van der Waals surface area contributed by atoms with Gasteiger partial charge in [0.2, 0.25) is 11.8 Å². The van der Waals surface area contributed by atoms with E-state index in [0.29, 0.717) is 54.9 Å². The Labute approximate surface area is 203 Å². The Morgan fingerprint density at radius 3 is 2.51 bits per heavy atom. The Bertz CT molecular complexity index is 1230. The van der Waals surface area contributed by atoms with Gasteiger partial charge in [0.15, 0.2) is 0 Å². The van der Waals surface area contributed by atoms with Crippen LogP contribution in [0.15, 0.2) is 36.4 Å². The van der Waals surface area contributed by atoms with Gasteiger partial charge in [-0.25, -0.2) is 0 Å². The number of aliphatic hydroxyl groups is 1. The molecule has 2 N–H and O–H groups in total. The number of carbonyl (C=O) groups is 3. The van der Waals surface area contributed by atoms with Crippen LogP contribution in [0, 0.1) is 11.3 Å². The van der Waals surface area contributed by atoms with E-state index < -0.39 is 23.6 Å². The predicted octanol–water partition coefficient (Wildman–Crippen LogP) is 1.76. The minimum absolute atomic E-state index is 0.195. The summed E-state index contributed by atoms with van der Waals surface area (Å²) < 4.78 is 0. The first-order chi connectivity index (χ1) is 16.8. The van der Waals surface area contributed by atoms with Gasteiger partial charge in [-0.3, -0.25) is 29.6 Å². The fourth-order valence-corrected chi connectivity index (χ4v) is 5.32. The second kappa shape index (κ2) is 8.87. The van der Waals surface area contributed by atoms with E-state index in [1.807, 2.05) is 31.2 Å². The molecule has 1 aromatic carbocycles. The van der Waals surface area contributed by atoms with Crippen LogP contribution in [-0.4, -0.2) is 56.7 Å². The summed E-state index contributed by atoms with van der Waals surface area (Å²) >= 11 is 0. The highest BCUT2D eigenvalue weighted by atomic mass is 16.3. The monoisotopic (exact) mass is 473 g/mol. The summed E-state index contributed by atoms with van der Waals surface area (Å²) in [5.74, 6) is -1.05. The Morgan fingerprint density at radius 1 is 1.14 bits per heavy atom. The molecule has 2 fully saturated rings. The molecule has 0 bridgehead atoms. The lowest BCUT2D eigenvalue weighted by Crippen LogP contribution is -2.53. The van der Waals surface area contributed by atoms with Crippen LogP contribution >= 0.6 is 0 Å². The van der Waals surface area contributed by atoms with E-state index in [9.17, 15) is 19.5 Å². The van der Waals surface area contributed by atoms with E-state index in [1.54, 1.807) is 12.1 Å². The molecular weight excluding hydrogens is 446 g/mol. The third kappa shape index (κ3) is 4.20. The third-order valence-electron chi connectivity index (χ3n) is 7.40. The fourth-order valence-electron chi connectivity index (χ4n) is 5.32. The molecule has 0 spiro atoms. The lowest BCUT2D eigenvalue weighted by atomic mass is 9.87. The highest BCUT2D eigenvalue weighted by Crippen LogP contribution is 2.39. The van der Waals surface area contributed by atoms with Crippen LogP contribution in [0.25, 0.3) is 0 Å². The van der Waals surface area contributed by atoms with E-state index in [4.69, 9.17) is 10.2 Å². The molecule has 3 aliphatic rings. The number of benzene rings is 1. The zero-order valence-electron chi connectivity index (χ0n) is 19.5. The van der Waals surface area contributed by atoms with Crippen LogP contribution in [0.3, 0.4) is 0 Å². The SMILES string of the molecule is C[C@@H]1c2nc(C3(O)CCN(Cc4ccc(C#N)cc4)CC3)ccc2C(=O)N1[C@H]1CCC(=O)NC1=O. The van der Waals surface area contributed by atoms with Crippen molar-refractivity contribution >= 4 is 17.7 Å². The van der Waals surface area contributed by atoms with E-state index in [0.717, 1.165) is 12.1 Å². The maximum atomic E-state index is 13.1. The van der Waals surface area contributed by atoms with E-state index >= 15 is 0 Å². The van der Waals surface area contributed by atoms with Crippen molar-refractivity contribution in [2.75, 3.05) is 13.1 Å². The van der Waals surface area contributed by atoms with Gasteiger partial charge < -0.3 is 10.0 Å². The number of hydrogen-bond donors (Lipinski definition) is 2. The number of nitriles is 1. The van der Waals surface area contributed by atoms with E-state index in [2.05, 4.69) is 16.3 Å². The average Bonchev–Trinajstić information content (AvgIpc) is 3.11. The molecular formula is C26H27N5O4. The Morgan fingerprint density at radius 2 is 1.86 bits per heavy atom. The van der Waals surface area contributed by atoms with Gasteiger partial charge >= 0.3 is 0 Å². The number of amides is 3. The van der Waals surface area contributed by atoms with Crippen LogP contribution in [0.5, 0.6) is 0 Å². The molecule has 1 aromatic heterocycles. The van der Waals surface area contributed by atoms with Crippen molar-refractivity contribution in [3.8, 4) is 6.07 Å². The normalized spacial score (nSPS) is 24.1. The number of rotatable bonds is 4. The molecule has 9 nitrogen and oxygen atoms in total. The van der Waals surface area contributed by atoms with Gasteiger partial charge in [-0.15, -0.1) is 0 Å². The van der Waals surface area contributed by atoms with Crippen LogP contribution < -0.4 is 5.32 Å². The highest BCUT2D eigenvalue weighted by Gasteiger charge is 2.45. The summed E-state index contributed by atoms with van der Waals surface area (Å²) in [6.45, 7) is 3.94. The molecule has 9 heteroatoms. The number of hydrogen-bond acceptors (Lipinski definition) is 7. The number of aromatic nitrogens is 1. The molecule has 3 aliphatic heterocycles. The van der Waals surface area contributed by atoms with Crippen molar-refractivity contribution in [1.29, 1.82) is 5.26 Å². The number of imide groups is 1. The lowest BCUT2D eigenvalue weighted by Gasteiger charge is -2.38. The highest BCUT2D eigenvalue weighted by molar-refractivity contribution is 6.05. The Hall–Kier alpha value is -3.61. The van der Waals surface area contributed by atoms with Gasteiger partial charge in [-0.1, -0.05) is 12.1 Å². The number of piperidine rings is 2. The van der Waals surface area contributed by atoms with Crippen molar-refractivity contribution in [1.82, 2.24) is 20.1 Å². The van der Waals surface area contributed by atoms with Crippen molar-refractivity contribution in [3.05, 3.63) is 64.5 Å². The van der Waals surface area contributed by atoms with Gasteiger partial charge in [-0.2, -0.15) is 5.26 Å². The first-order valence-electron chi connectivity index (χ1n) is 11.9. The van der Waals surface area contributed by atoms with E-state index in [-0.39, 0.29) is 18.2 Å². The van der Waals surface area contributed by atoms with Crippen molar-refractivity contribution < 1.29 is 19.5 Å². The molecule has 0 unspecified atom stereocenters. The summed E-state index contributed by atoms with van der Waals surface area (Å²) in [5, 5.41) is 22.7. The topological polar surface area (TPSA) is 127 Å². The maximum absolute atomic E-state index is 13.1. The smallest absolute Gasteiger partial charge is 0.257 e. The first-order valence-corrected chi connectivity index (χ1v) is 11.9. The van der Waals surface area contributed by atoms with Crippen molar-refractivity contribution in [3.63, 3.8) is 0 Å². The lowest BCUT2D eigenvalue weighted by molar-refractivity contribution is -0.137. The Kier molecular flexibility index (Phi) is 5.87. The zero-order chi connectivity index (χ0) is 24.7. The molecule has 0 aliphatic carbocycles. The summed E-state index contributed by atoms with van der Waals surface area (Å²) in [6.07, 6.45) is 1.50. The van der Waals surface area contributed by atoms with Crippen molar-refractivity contribution in [2.24, 2.45) is 0 Å². The minimum atomic E-state index is -1.10. The largest absolute Gasteiger partial charge is 0.383 e. The second-order valence-corrected chi connectivity index (χ2v) is 9.60. The molecule has 3 amide bonds. The quantitative estimate of drug-likeness (QED) is 0.648. The maximum Gasteiger partial charge on any atom is 0.257 e. The van der Waals surface area contributed by atoms with Crippen LogP contribution in [-0.2, 0) is 21.7 Å². The van der Waals surface area contributed by atoms with Gasteiger partial charge in [0.1, 0.15) is 11.6 Å². The van der Waals surface area contributed by atoms with E-state index in [1.165, 1.54) is 4.90 Å². The average molecular weight is 474 g/mol. The molecule has 2 aromatic rings. The number of pyridine rings is 1. The molecule has 5 rings (SSSR count). The molecule has 4 heterocycles. The molecule has 0 radical (unpaired) electrons. The number of likely N-dealkylation sites (tertiary alicyclic amines) is 1. The van der Waals surface area contributed by atoms with Crippen LogP contribution in [0.4, 0.5) is 0 Å². The van der Waals surface area contributed by atoms with Crippen LogP contribution in [0.1, 0.15) is 71.5 Å². The summed E-state index contributed by atoms with van der Waals surface area (Å²) in [6, 6.07) is 11.9. The molecule has 2 atom stereocenters. The van der Waals surface area contributed by atoms with Gasteiger partial charge in [0.25, 0.3) is 5.91 Å². The predicted molar refractivity (Wildman–Crippen MR) is 125 cm³/mol. The third-order valence-corrected chi connectivity index (χ3v) is 7.40. The second-order valence-electron chi connectivity index (χ2n) is 9.60. The van der Waals surface area contributed by atoms with Gasteiger partial charge in [0.05, 0.1) is 34.6 Å². The summed E-state index contributed by atoms with van der Waals surface area (Å²) in [7, 11) is 0. The fraction of sp³-hybridized carbons (Fsp3) is 0.423. The standard InChI is InChI=1S/C26H27N5O4/c1-16-23-19(25(34)31(16)20-7-9-22(32)29-24(20)33)6-8-21(28-23)26(35)10-12-30(13-11-26)15-18-4-2-17(14-27)3-5-18/h2-6,8,16,20,35H,7,9-13,15H2,1H3,(H,29,32,33)/t16-,20+/m1/s1. The van der Waals surface area contributed by atoms with Crippen molar-refractivity contribution in [2.45, 2.75) is 56.8 Å². The first kappa shape index (κ1) is 23.1. The molecule has 180 valence electrons. The van der Waals surface area contributed by atoms with Crippen LogP contribution in [0.2, 0.25) is 0 Å². The summed E-state index contributed by atoms with van der Waals surface area (Å²) in [5.41, 5.74) is 2.19. The number of nitrogens with one attached hydrogen (secondary N) is 1. The minimum Gasteiger partial charge on any atom is -0.383 e. The van der Waals surface area contributed by atoms with Gasteiger partial charge in [0, 0.05) is 26.1 Å². The van der Waals surface area contributed by atoms with Gasteiger partial charge in [-0.05, 0) is 56.0 Å². The molecule has 0 saturated carbocycles. The zero-order valence-corrected chi connectivity index (χ0v) is 19.5. The number of nitrogens with zero attached hydrogens (tertiary/aromatic N) is 4. The Balaban J connectivity index is 1.29. The summed E-state index contributed by atoms with van der Waals surface area (Å²) in [4.78, 5) is 45.5. The number of carbonyl (C=O) groups excluding carboxylic acids is 3.